The van der Waals surface area contributed by atoms with Crippen LogP contribution in [0.15, 0.2) is 30.3 Å². The molecule has 1 aliphatic carbocycles. The third-order valence-electron chi connectivity index (χ3n) is 3.24. The Balaban J connectivity index is 1.59. The Morgan fingerprint density at radius 1 is 1.25 bits per heavy atom. The highest BCUT2D eigenvalue weighted by molar-refractivity contribution is 5.20. The van der Waals surface area contributed by atoms with E-state index in [1.165, 1.54) is 19.3 Å². The zero-order chi connectivity index (χ0) is 11.2. The standard InChI is InChI=1S/C14H21NO/c1-12-7-8-13(11-12)15-9-10-16-14-5-3-2-4-6-14/h2-6,12-13,15H,7-11H2,1H3. The van der Waals surface area contributed by atoms with E-state index >= 15 is 0 Å². The van der Waals surface area contributed by atoms with Gasteiger partial charge in [-0.25, -0.2) is 0 Å². The van der Waals surface area contributed by atoms with Gasteiger partial charge >= 0.3 is 0 Å². The molecule has 0 amide bonds. The van der Waals surface area contributed by atoms with Gasteiger partial charge in [0.05, 0.1) is 0 Å². The van der Waals surface area contributed by atoms with E-state index in [1.807, 2.05) is 30.3 Å². The zero-order valence-electron chi connectivity index (χ0n) is 9.99. The number of ether oxygens (including phenoxy) is 1. The lowest BCUT2D eigenvalue weighted by molar-refractivity contribution is 0.304. The Morgan fingerprint density at radius 3 is 2.75 bits per heavy atom. The van der Waals surface area contributed by atoms with Crippen molar-refractivity contribution in [3.05, 3.63) is 30.3 Å². The molecule has 2 heteroatoms. The summed E-state index contributed by atoms with van der Waals surface area (Å²) in [7, 11) is 0. The predicted molar refractivity (Wildman–Crippen MR) is 66.7 cm³/mol. The van der Waals surface area contributed by atoms with Crippen LogP contribution >= 0.6 is 0 Å². The lowest BCUT2D eigenvalue weighted by atomic mass is 10.1. The van der Waals surface area contributed by atoms with Gasteiger partial charge in [0.1, 0.15) is 12.4 Å². The lowest BCUT2D eigenvalue weighted by Crippen LogP contribution is -2.30. The van der Waals surface area contributed by atoms with Gasteiger partial charge in [-0.3, -0.25) is 0 Å². The molecule has 0 saturated heterocycles. The van der Waals surface area contributed by atoms with Gasteiger partial charge < -0.3 is 10.1 Å². The Kier molecular flexibility index (Phi) is 4.23. The minimum atomic E-state index is 0.717. The van der Waals surface area contributed by atoms with Crippen LogP contribution in [-0.4, -0.2) is 19.2 Å². The Labute approximate surface area is 98.0 Å². The first-order valence-electron chi connectivity index (χ1n) is 6.26. The normalized spacial score (nSPS) is 24.6. The third kappa shape index (κ3) is 3.53. The quantitative estimate of drug-likeness (QED) is 0.769. The fourth-order valence-corrected chi connectivity index (χ4v) is 2.34. The highest BCUT2D eigenvalue weighted by Crippen LogP contribution is 2.24. The van der Waals surface area contributed by atoms with Crippen LogP contribution in [0, 0.1) is 5.92 Å². The fraction of sp³-hybridized carbons (Fsp3) is 0.571. The monoisotopic (exact) mass is 219 g/mol. The van der Waals surface area contributed by atoms with Crippen molar-refractivity contribution in [3.63, 3.8) is 0 Å². The molecule has 0 aromatic heterocycles. The van der Waals surface area contributed by atoms with E-state index in [2.05, 4.69) is 12.2 Å². The van der Waals surface area contributed by atoms with Crippen molar-refractivity contribution >= 4 is 0 Å². The summed E-state index contributed by atoms with van der Waals surface area (Å²) in [6, 6.07) is 10.7. The van der Waals surface area contributed by atoms with Gasteiger partial charge in [-0.2, -0.15) is 0 Å². The summed E-state index contributed by atoms with van der Waals surface area (Å²) in [5.41, 5.74) is 0. The second-order valence-electron chi connectivity index (χ2n) is 4.73. The largest absolute Gasteiger partial charge is 0.492 e. The van der Waals surface area contributed by atoms with Crippen molar-refractivity contribution in [1.29, 1.82) is 0 Å². The predicted octanol–water partition coefficient (Wildman–Crippen LogP) is 2.84. The minimum absolute atomic E-state index is 0.717. The molecule has 2 unspecified atom stereocenters. The van der Waals surface area contributed by atoms with E-state index < -0.39 is 0 Å². The molecule has 2 nitrogen and oxygen atoms in total. The summed E-state index contributed by atoms with van der Waals surface area (Å²) in [5.74, 6) is 1.86. The molecule has 1 saturated carbocycles. The number of rotatable bonds is 5. The second kappa shape index (κ2) is 5.90. The fourth-order valence-electron chi connectivity index (χ4n) is 2.34. The van der Waals surface area contributed by atoms with Crippen LogP contribution in [0.25, 0.3) is 0 Å². The molecule has 2 atom stereocenters. The molecule has 16 heavy (non-hydrogen) atoms. The van der Waals surface area contributed by atoms with Crippen LogP contribution in [0.5, 0.6) is 5.75 Å². The van der Waals surface area contributed by atoms with Crippen molar-refractivity contribution in [1.82, 2.24) is 5.32 Å². The van der Waals surface area contributed by atoms with Gasteiger partial charge in [-0.15, -0.1) is 0 Å². The first-order valence-corrected chi connectivity index (χ1v) is 6.26. The molecular formula is C14H21NO. The molecular weight excluding hydrogens is 198 g/mol. The molecule has 0 aliphatic heterocycles. The maximum atomic E-state index is 5.63. The van der Waals surface area contributed by atoms with Gasteiger partial charge in [-0.05, 0) is 37.3 Å². The highest BCUT2D eigenvalue weighted by atomic mass is 16.5. The molecule has 0 spiro atoms. The van der Waals surface area contributed by atoms with Crippen molar-refractivity contribution in [2.75, 3.05) is 13.2 Å². The molecule has 88 valence electrons. The van der Waals surface area contributed by atoms with Crippen LogP contribution in [0.1, 0.15) is 26.2 Å². The van der Waals surface area contributed by atoms with Gasteiger partial charge in [0.2, 0.25) is 0 Å². The molecule has 1 fully saturated rings. The smallest absolute Gasteiger partial charge is 0.119 e. The minimum Gasteiger partial charge on any atom is -0.492 e. The topological polar surface area (TPSA) is 21.3 Å². The molecule has 1 aromatic carbocycles. The van der Waals surface area contributed by atoms with Crippen LogP contribution < -0.4 is 10.1 Å². The van der Waals surface area contributed by atoms with Crippen molar-refractivity contribution in [2.45, 2.75) is 32.2 Å². The van der Waals surface area contributed by atoms with Gasteiger partial charge in [-0.1, -0.05) is 25.1 Å². The van der Waals surface area contributed by atoms with Crippen molar-refractivity contribution in [2.24, 2.45) is 5.92 Å². The molecule has 1 N–H and O–H groups in total. The lowest BCUT2D eigenvalue weighted by Gasteiger charge is -2.12. The van der Waals surface area contributed by atoms with Crippen LogP contribution in [0.2, 0.25) is 0 Å². The third-order valence-corrected chi connectivity index (χ3v) is 3.24. The summed E-state index contributed by atoms with van der Waals surface area (Å²) >= 11 is 0. The average molecular weight is 219 g/mol. The van der Waals surface area contributed by atoms with Crippen LogP contribution in [-0.2, 0) is 0 Å². The number of benzene rings is 1. The van der Waals surface area contributed by atoms with Gasteiger partial charge in [0.15, 0.2) is 0 Å². The molecule has 1 aliphatic rings. The average Bonchev–Trinajstić information content (AvgIpc) is 2.72. The second-order valence-corrected chi connectivity index (χ2v) is 4.73. The Hall–Kier alpha value is -1.02. The van der Waals surface area contributed by atoms with Crippen LogP contribution in [0.3, 0.4) is 0 Å². The Bertz CT molecular complexity index is 299. The number of para-hydroxylation sites is 1. The maximum absolute atomic E-state index is 5.63. The number of nitrogens with one attached hydrogen (secondary N) is 1. The van der Waals surface area contributed by atoms with Gasteiger partial charge in [0.25, 0.3) is 0 Å². The van der Waals surface area contributed by atoms with Crippen LogP contribution in [0.4, 0.5) is 0 Å². The first-order chi connectivity index (χ1) is 7.84. The number of hydrogen-bond acceptors (Lipinski definition) is 2. The van der Waals surface area contributed by atoms with E-state index in [9.17, 15) is 0 Å². The van der Waals surface area contributed by atoms with E-state index in [0.717, 1.165) is 30.9 Å². The molecule has 0 radical (unpaired) electrons. The molecule has 0 bridgehead atoms. The summed E-state index contributed by atoms with van der Waals surface area (Å²) in [5, 5.41) is 3.56. The highest BCUT2D eigenvalue weighted by Gasteiger charge is 2.20. The van der Waals surface area contributed by atoms with Gasteiger partial charge in [0, 0.05) is 12.6 Å². The zero-order valence-corrected chi connectivity index (χ0v) is 9.99. The Morgan fingerprint density at radius 2 is 2.06 bits per heavy atom. The molecule has 0 heterocycles. The van der Waals surface area contributed by atoms with Crippen molar-refractivity contribution < 1.29 is 4.74 Å². The molecule has 2 rings (SSSR count). The van der Waals surface area contributed by atoms with E-state index in [0.29, 0.717) is 0 Å². The molecule has 1 aromatic rings. The number of hydrogen-bond donors (Lipinski definition) is 1. The summed E-state index contributed by atoms with van der Waals surface area (Å²) in [4.78, 5) is 0. The summed E-state index contributed by atoms with van der Waals surface area (Å²) < 4.78 is 5.63. The SMILES string of the molecule is CC1CCC(NCCOc2ccccc2)C1. The first kappa shape index (κ1) is 11.5. The summed E-state index contributed by atoms with van der Waals surface area (Å²) in [6.45, 7) is 4.04. The van der Waals surface area contributed by atoms with Crippen molar-refractivity contribution in [3.8, 4) is 5.75 Å². The van der Waals surface area contributed by atoms with E-state index in [-0.39, 0.29) is 0 Å². The van der Waals surface area contributed by atoms with E-state index in [1.54, 1.807) is 0 Å². The van der Waals surface area contributed by atoms with E-state index in [4.69, 9.17) is 4.74 Å². The maximum Gasteiger partial charge on any atom is 0.119 e. The summed E-state index contributed by atoms with van der Waals surface area (Å²) in [6.07, 6.45) is 4.02.